The van der Waals surface area contributed by atoms with Gasteiger partial charge in [-0.1, -0.05) is 48.5 Å². The van der Waals surface area contributed by atoms with Gasteiger partial charge >= 0.3 is 0 Å². The minimum Gasteiger partial charge on any atom is -0.358 e. The number of carbonyl (C=O) groups excluding carboxylic acids is 1. The van der Waals surface area contributed by atoms with Crippen molar-refractivity contribution in [3.05, 3.63) is 71.4 Å². The molecule has 26 heavy (non-hydrogen) atoms. The second-order valence-electron chi connectivity index (χ2n) is 7.43. The van der Waals surface area contributed by atoms with Crippen LogP contribution in [-0.2, 0) is 6.54 Å². The average molecular weight is 349 g/mol. The maximum absolute atomic E-state index is 12.9. The standard InChI is InChI=1S/C22H25N3O/c1-17-22(19-9-5-6-10-20(19)23-17)21(26)16-25-13-11-24(12-14-25)15-18-7-3-2-4-8-18/h2-10,23H,11-16H2,1H3/p+2. The number of ketones is 1. The van der Waals surface area contributed by atoms with Gasteiger partial charge in [0, 0.05) is 22.2 Å². The minimum atomic E-state index is 0.265. The van der Waals surface area contributed by atoms with Gasteiger partial charge in [0.2, 0.25) is 5.78 Å². The number of Topliss-reactive ketones (excluding diaryl/α,β-unsaturated/α-hetero) is 1. The Kier molecular flexibility index (Phi) is 4.87. The lowest BCUT2D eigenvalue weighted by Gasteiger charge is -2.29. The number of H-pyrrole nitrogens is 1. The summed E-state index contributed by atoms with van der Waals surface area (Å²) in [6.07, 6.45) is 0. The molecular weight excluding hydrogens is 322 g/mol. The number of fused-ring (bicyclic) bond motifs is 1. The fraction of sp³-hybridized carbons (Fsp3) is 0.318. The maximum atomic E-state index is 12.9. The Labute approximate surface area is 154 Å². The maximum Gasteiger partial charge on any atom is 0.219 e. The Morgan fingerprint density at radius 3 is 2.35 bits per heavy atom. The number of hydrogen-bond donors (Lipinski definition) is 3. The molecule has 0 saturated carbocycles. The zero-order valence-electron chi connectivity index (χ0n) is 15.3. The van der Waals surface area contributed by atoms with Crippen LogP contribution in [0.1, 0.15) is 21.6 Å². The largest absolute Gasteiger partial charge is 0.358 e. The Hall–Kier alpha value is -2.43. The van der Waals surface area contributed by atoms with E-state index in [4.69, 9.17) is 0 Å². The summed E-state index contributed by atoms with van der Waals surface area (Å²) in [6.45, 7) is 8.08. The summed E-state index contributed by atoms with van der Waals surface area (Å²) >= 11 is 0. The van der Waals surface area contributed by atoms with Crippen LogP contribution in [0.15, 0.2) is 54.6 Å². The highest BCUT2D eigenvalue weighted by Crippen LogP contribution is 2.21. The quantitative estimate of drug-likeness (QED) is 0.582. The first kappa shape index (κ1) is 17.0. The van der Waals surface area contributed by atoms with Crippen molar-refractivity contribution in [2.75, 3.05) is 32.7 Å². The number of nitrogens with one attached hydrogen (secondary N) is 3. The van der Waals surface area contributed by atoms with Crippen molar-refractivity contribution in [3.8, 4) is 0 Å². The summed E-state index contributed by atoms with van der Waals surface area (Å²) in [5.41, 5.74) is 4.33. The molecule has 1 aromatic heterocycles. The summed E-state index contributed by atoms with van der Waals surface area (Å²) in [5, 5.41) is 1.06. The predicted octanol–water partition coefficient (Wildman–Crippen LogP) is 0.643. The van der Waals surface area contributed by atoms with E-state index in [9.17, 15) is 4.79 Å². The molecule has 0 unspecified atom stereocenters. The predicted molar refractivity (Wildman–Crippen MR) is 104 cm³/mol. The number of aromatic nitrogens is 1. The molecule has 3 aromatic rings. The topological polar surface area (TPSA) is 41.7 Å². The van der Waals surface area contributed by atoms with Crippen molar-refractivity contribution in [1.29, 1.82) is 0 Å². The third kappa shape index (κ3) is 3.57. The molecule has 1 fully saturated rings. The van der Waals surface area contributed by atoms with Crippen molar-refractivity contribution in [2.24, 2.45) is 0 Å². The lowest BCUT2D eigenvalue weighted by molar-refractivity contribution is -1.01. The zero-order valence-corrected chi connectivity index (χ0v) is 15.3. The van der Waals surface area contributed by atoms with Crippen LogP contribution in [0.3, 0.4) is 0 Å². The van der Waals surface area contributed by atoms with Crippen LogP contribution in [0, 0.1) is 6.92 Å². The number of quaternary nitrogens is 2. The van der Waals surface area contributed by atoms with Crippen molar-refractivity contribution in [1.82, 2.24) is 4.98 Å². The van der Waals surface area contributed by atoms with Gasteiger partial charge in [0.15, 0.2) is 0 Å². The summed E-state index contributed by atoms with van der Waals surface area (Å²) in [6, 6.07) is 18.8. The highest BCUT2D eigenvalue weighted by molar-refractivity contribution is 6.09. The molecule has 0 spiro atoms. The first-order valence-electron chi connectivity index (χ1n) is 9.52. The van der Waals surface area contributed by atoms with Crippen molar-refractivity contribution < 1.29 is 14.6 Å². The van der Waals surface area contributed by atoms with Gasteiger partial charge in [-0.15, -0.1) is 0 Å². The van der Waals surface area contributed by atoms with Gasteiger partial charge < -0.3 is 14.8 Å². The van der Waals surface area contributed by atoms with Crippen LogP contribution < -0.4 is 9.80 Å². The number of hydrogen-bond acceptors (Lipinski definition) is 1. The van der Waals surface area contributed by atoms with E-state index in [2.05, 4.69) is 35.3 Å². The first-order chi connectivity index (χ1) is 12.7. The first-order valence-corrected chi connectivity index (χ1v) is 9.52. The summed E-state index contributed by atoms with van der Waals surface area (Å²) in [5.74, 6) is 0.265. The Morgan fingerprint density at radius 1 is 0.923 bits per heavy atom. The molecule has 0 amide bonds. The highest BCUT2D eigenvalue weighted by atomic mass is 16.1. The number of carbonyl (C=O) groups is 1. The molecule has 4 nitrogen and oxygen atoms in total. The van der Waals surface area contributed by atoms with E-state index < -0.39 is 0 Å². The number of para-hydroxylation sites is 1. The highest BCUT2D eigenvalue weighted by Gasteiger charge is 2.26. The lowest BCUT2D eigenvalue weighted by Crippen LogP contribution is -3.27. The van der Waals surface area contributed by atoms with Gasteiger partial charge in [0.05, 0.1) is 5.56 Å². The van der Waals surface area contributed by atoms with Crippen LogP contribution in [0.5, 0.6) is 0 Å². The number of piperazine rings is 1. The number of aromatic amines is 1. The van der Waals surface area contributed by atoms with E-state index in [1.54, 1.807) is 4.90 Å². The minimum absolute atomic E-state index is 0.265. The molecule has 1 aliphatic rings. The molecule has 3 N–H and O–H groups in total. The average Bonchev–Trinajstić information content (AvgIpc) is 3.00. The molecule has 0 bridgehead atoms. The van der Waals surface area contributed by atoms with Gasteiger partial charge in [-0.05, 0) is 13.0 Å². The number of aryl methyl sites for hydroxylation is 1. The lowest BCUT2D eigenvalue weighted by atomic mass is 10.1. The van der Waals surface area contributed by atoms with E-state index >= 15 is 0 Å². The third-order valence-electron chi connectivity index (χ3n) is 5.54. The second kappa shape index (κ2) is 7.44. The molecule has 0 radical (unpaired) electrons. The van der Waals surface area contributed by atoms with Gasteiger partial charge in [-0.25, -0.2) is 0 Å². The Balaban J connectivity index is 1.37. The van der Waals surface area contributed by atoms with E-state index in [1.165, 1.54) is 10.5 Å². The summed E-state index contributed by atoms with van der Waals surface area (Å²) < 4.78 is 0. The van der Waals surface area contributed by atoms with E-state index in [0.29, 0.717) is 6.54 Å². The molecule has 1 saturated heterocycles. The van der Waals surface area contributed by atoms with Gasteiger partial charge in [-0.3, -0.25) is 4.79 Å². The Morgan fingerprint density at radius 2 is 1.58 bits per heavy atom. The van der Waals surface area contributed by atoms with Crippen molar-refractivity contribution >= 4 is 16.7 Å². The van der Waals surface area contributed by atoms with Gasteiger partial charge in [-0.2, -0.15) is 0 Å². The summed E-state index contributed by atoms with van der Waals surface area (Å²) in [7, 11) is 0. The molecule has 134 valence electrons. The monoisotopic (exact) mass is 349 g/mol. The van der Waals surface area contributed by atoms with Crippen molar-refractivity contribution in [3.63, 3.8) is 0 Å². The molecule has 0 atom stereocenters. The SMILES string of the molecule is Cc1[nH]c2ccccc2c1C(=O)C[NH+]1CC[NH+](Cc2ccccc2)CC1. The normalized spacial score (nSPS) is 20.3. The molecular formula is C22H27N3O+2. The second-order valence-corrected chi connectivity index (χ2v) is 7.43. The molecule has 4 rings (SSSR count). The molecule has 2 aromatic carbocycles. The van der Waals surface area contributed by atoms with E-state index in [-0.39, 0.29) is 5.78 Å². The van der Waals surface area contributed by atoms with Crippen LogP contribution in [0.4, 0.5) is 0 Å². The molecule has 2 heterocycles. The fourth-order valence-corrected chi connectivity index (χ4v) is 4.15. The van der Waals surface area contributed by atoms with Crippen molar-refractivity contribution in [2.45, 2.75) is 13.5 Å². The smallest absolute Gasteiger partial charge is 0.219 e. The molecule has 0 aliphatic carbocycles. The number of benzene rings is 2. The van der Waals surface area contributed by atoms with E-state index in [0.717, 1.165) is 54.9 Å². The third-order valence-corrected chi connectivity index (χ3v) is 5.54. The van der Waals surface area contributed by atoms with Crippen LogP contribution in [0.25, 0.3) is 10.9 Å². The molecule has 1 aliphatic heterocycles. The van der Waals surface area contributed by atoms with Gasteiger partial charge in [0.1, 0.15) is 39.3 Å². The number of rotatable bonds is 5. The fourth-order valence-electron chi connectivity index (χ4n) is 4.15. The Bertz CT molecular complexity index is 892. The van der Waals surface area contributed by atoms with Crippen LogP contribution >= 0.6 is 0 Å². The van der Waals surface area contributed by atoms with Gasteiger partial charge in [0.25, 0.3) is 0 Å². The van der Waals surface area contributed by atoms with Crippen LogP contribution in [-0.4, -0.2) is 43.5 Å². The summed E-state index contributed by atoms with van der Waals surface area (Å²) in [4.78, 5) is 19.3. The zero-order chi connectivity index (χ0) is 17.9. The molecule has 4 heteroatoms. The van der Waals surface area contributed by atoms with E-state index in [1.807, 2.05) is 31.2 Å². The van der Waals surface area contributed by atoms with Crippen LogP contribution in [0.2, 0.25) is 0 Å².